The Morgan fingerprint density at radius 3 is 2.39 bits per heavy atom. The Kier molecular flexibility index (Phi) is 5.65. The van der Waals surface area contributed by atoms with Crippen LogP contribution >= 0.6 is 0 Å². The Hall–Kier alpha value is -2.93. The first kappa shape index (κ1) is 19.8. The SMILES string of the molecule is CC(C)c1ccc(N(CC(=O)Nc2cccc3cccnc23)S(C)(=O)=O)cc1. The van der Waals surface area contributed by atoms with Crippen molar-refractivity contribution in [1.82, 2.24) is 4.98 Å². The molecular formula is C21H23N3O3S. The average molecular weight is 398 g/mol. The monoisotopic (exact) mass is 397 g/mol. The van der Waals surface area contributed by atoms with E-state index in [4.69, 9.17) is 0 Å². The lowest BCUT2D eigenvalue weighted by Crippen LogP contribution is -2.37. The number of pyridine rings is 1. The molecule has 3 rings (SSSR count). The summed E-state index contributed by atoms with van der Waals surface area (Å²) < 4.78 is 25.7. The number of hydrogen-bond donors (Lipinski definition) is 1. The summed E-state index contributed by atoms with van der Waals surface area (Å²) in [6, 6.07) is 16.4. The minimum absolute atomic E-state index is 0.316. The zero-order valence-corrected chi connectivity index (χ0v) is 16.9. The third-order valence-electron chi connectivity index (χ3n) is 4.44. The highest BCUT2D eigenvalue weighted by atomic mass is 32.2. The number of carbonyl (C=O) groups is 1. The van der Waals surface area contributed by atoms with Crippen LogP contribution in [0.5, 0.6) is 0 Å². The number of para-hydroxylation sites is 1. The van der Waals surface area contributed by atoms with Crippen LogP contribution in [0.1, 0.15) is 25.3 Å². The number of fused-ring (bicyclic) bond motifs is 1. The molecular weight excluding hydrogens is 374 g/mol. The van der Waals surface area contributed by atoms with Crippen molar-refractivity contribution < 1.29 is 13.2 Å². The van der Waals surface area contributed by atoms with Gasteiger partial charge in [0.15, 0.2) is 0 Å². The minimum Gasteiger partial charge on any atom is -0.323 e. The summed E-state index contributed by atoms with van der Waals surface area (Å²) in [5.74, 6) is -0.0978. The van der Waals surface area contributed by atoms with Crippen LogP contribution in [0.25, 0.3) is 10.9 Å². The third kappa shape index (κ3) is 4.48. The zero-order valence-electron chi connectivity index (χ0n) is 16.1. The maximum absolute atomic E-state index is 12.6. The average Bonchev–Trinajstić information content (AvgIpc) is 2.66. The first-order valence-corrected chi connectivity index (χ1v) is 10.8. The summed E-state index contributed by atoms with van der Waals surface area (Å²) in [7, 11) is -3.62. The molecule has 0 bridgehead atoms. The van der Waals surface area contributed by atoms with Gasteiger partial charge in [0, 0.05) is 11.6 Å². The van der Waals surface area contributed by atoms with Gasteiger partial charge >= 0.3 is 0 Å². The van der Waals surface area contributed by atoms with Crippen molar-refractivity contribution in [3.05, 3.63) is 66.4 Å². The Morgan fingerprint density at radius 2 is 1.75 bits per heavy atom. The van der Waals surface area contributed by atoms with Gasteiger partial charge in [0.2, 0.25) is 15.9 Å². The maximum atomic E-state index is 12.6. The lowest BCUT2D eigenvalue weighted by Gasteiger charge is -2.22. The molecule has 3 aromatic rings. The summed E-state index contributed by atoms with van der Waals surface area (Å²) in [6.45, 7) is 3.81. The van der Waals surface area contributed by atoms with Gasteiger partial charge in [0.1, 0.15) is 6.54 Å². The lowest BCUT2D eigenvalue weighted by molar-refractivity contribution is -0.114. The van der Waals surface area contributed by atoms with E-state index in [0.717, 1.165) is 21.5 Å². The molecule has 146 valence electrons. The van der Waals surface area contributed by atoms with Gasteiger partial charge in [0.25, 0.3) is 0 Å². The Balaban J connectivity index is 1.84. The molecule has 1 aromatic heterocycles. The van der Waals surface area contributed by atoms with Crippen LogP contribution < -0.4 is 9.62 Å². The van der Waals surface area contributed by atoms with Gasteiger partial charge in [-0.1, -0.05) is 44.2 Å². The van der Waals surface area contributed by atoms with Crippen LogP contribution in [-0.2, 0) is 14.8 Å². The number of hydrogen-bond acceptors (Lipinski definition) is 4. The zero-order chi connectivity index (χ0) is 20.3. The van der Waals surface area contributed by atoms with Crippen LogP contribution in [0.15, 0.2) is 60.8 Å². The molecule has 0 unspecified atom stereocenters. The second kappa shape index (κ2) is 7.98. The molecule has 2 aromatic carbocycles. The smallest absolute Gasteiger partial charge is 0.245 e. The van der Waals surface area contributed by atoms with Crippen LogP contribution in [0.4, 0.5) is 11.4 Å². The largest absolute Gasteiger partial charge is 0.323 e. The van der Waals surface area contributed by atoms with Crippen LogP contribution in [0, 0.1) is 0 Å². The topological polar surface area (TPSA) is 79.4 Å². The molecule has 0 saturated heterocycles. The van der Waals surface area contributed by atoms with Gasteiger partial charge in [-0.3, -0.25) is 14.1 Å². The van der Waals surface area contributed by atoms with Gasteiger partial charge in [-0.2, -0.15) is 0 Å². The highest BCUT2D eigenvalue weighted by molar-refractivity contribution is 7.92. The van der Waals surface area contributed by atoms with E-state index in [-0.39, 0.29) is 6.54 Å². The Bertz CT molecular complexity index is 1090. The van der Waals surface area contributed by atoms with Crippen molar-refractivity contribution in [1.29, 1.82) is 0 Å². The van der Waals surface area contributed by atoms with Crippen LogP contribution in [0.3, 0.4) is 0 Å². The van der Waals surface area contributed by atoms with E-state index in [1.54, 1.807) is 24.4 Å². The summed E-state index contributed by atoms with van der Waals surface area (Å²) >= 11 is 0. The van der Waals surface area contributed by atoms with Crippen molar-refractivity contribution >= 4 is 38.2 Å². The molecule has 0 fully saturated rings. The number of aromatic nitrogens is 1. The molecule has 6 nitrogen and oxygen atoms in total. The quantitative estimate of drug-likeness (QED) is 0.687. The van der Waals surface area contributed by atoms with Gasteiger partial charge in [-0.25, -0.2) is 8.42 Å². The molecule has 0 radical (unpaired) electrons. The molecule has 0 saturated carbocycles. The number of nitrogens with zero attached hydrogens (tertiary/aromatic N) is 2. The number of carbonyl (C=O) groups excluding carboxylic acids is 1. The summed E-state index contributed by atoms with van der Waals surface area (Å²) in [5.41, 5.74) is 2.76. The van der Waals surface area contributed by atoms with E-state index < -0.39 is 15.9 Å². The van der Waals surface area contributed by atoms with E-state index in [9.17, 15) is 13.2 Å². The fraction of sp³-hybridized carbons (Fsp3) is 0.238. The van der Waals surface area contributed by atoms with E-state index >= 15 is 0 Å². The number of benzene rings is 2. The highest BCUT2D eigenvalue weighted by Crippen LogP contribution is 2.23. The molecule has 0 aliphatic rings. The fourth-order valence-electron chi connectivity index (χ4n) is 2.95. The molecule has 0 aliphatic heterocycles. The second-order valence-electron chi connectivity index (χ2n) is 6.94. The fourth-order valence-corrected chi connectivity index (χ4v) is 3.81. The molecule has 0 aliphatic carbocycles. The van der Waals surface area contributed by atoms with Gasteiger partial charge in [0.05, 0.1) is 23.1 Å². The second-order valence-corrected chi connectivity index (χ2v) is 8.85. The van der Waals surface area contributed by atoms with Crippen molar-refractivity contribution in [3.8, 4) is 0 Å². The van der Waals surface area contributed by atoms with E-state index in [1.165, 1.54) is 0 Å². The van der Waals surface area contributed by atoms with Crippen molar-refractivity contribution in [3.63, 3.8) is 0 Å². The molecule has 28 heavy (non-hydrogen) atoms. The van der Waals surface area contributed by atoms with Crippen LogP contribution in [-0.4, -0.2) is 32.1 Å². The van der Waals surface area contributed by atoms with Gasteiger partial charge in [-0.15, -0.1) is 0 Å². The number of sulfonamides is 1. The molecule has 1 amide bonds. The summed E-state index contributed by atoms with van der Waals surface area (Å²) in [4.78, 5) is 16.9. The molecule has 1 N–H and O–H groups in total. The molecule has 1 heterocycles. The summed E-state index contributed by atoms with van der Waals surface area (Å²) in [5, 5.41) is 3.67. The summed E-state index contributed by atoms with van der Waals surface area (Å²) in [6.07, 6.45) is 2.74. The normalized spacial score (nSPS) is 11.6. The lowest BCUT2D eigenvalue weighted by atomic mass is 10.0. The standard InChI is InChI=1S/C21H23N3O3S/c1-15(2)16-9-11-18(12-10-16)24(28(3,26)27)14-20(25)23-19-8-4-6-17-7-5-13-22-21(17)19/h4-13,15H,14H2,1-3H3,(H,23,25). The van der Waals surface area contributed by atoms with Crippen molar-refractivity contribution in [2.45, 2.75) is 19.8 Å². The predicted octanol–water partition coefficient (Wildman–Crippen LogP) is 3.76. The predicted molar refractivity (Wildman–Crippen MR) is 113 cm³/mol. The highest BCUT2D eigenvalue weighted by Gasteiger charge is 2.21. The van der Waals surface area contributed by atoms with E-state index in [1.807, 2.05) is 36.4 Å². The van der Waals surface area contributed by atoms with E-state index in [2.05, 4.69) is 24.1 Å². The number of anilines is 2. The molecule has 0 spiro atoms. The first-order chi connectivity index (χ1) is 13.3. The number of rotatable bonds is 6. The minimum atomic E-state index is -3.62. The van der Waals surface area contributed by atoms with Gasteiger partial charge in [-0.05, 0) is 35.7 Å². The van der Waals surface area contributed by atoms with Crippen molar-refractivity contribution in [2.24, 2.45) is 0 Å². The van der Waals surface area contributed by atoms with Gasteiger partial charge < -0.3 is 5.32 Å². The third-order valence-corrected chi connectivity index (χ3v) is 5.58. The first-order valence-electron chi connectivity index (χ1n) is 8.97. The molecule has 0 atom stereocenters. The number of nitrogens with one attached hydrogen (secondary N) is 1. The Labute approximate surface area is 165 Å². The molecule has 7 heteroatoms. The Morgan fingerprint density at radius 1 is 1.07 bits per heavy atom. The van der Waals surface area contributed by atoms with Crippen molar-refractivity contribution in [2.75, 3.05) is 22.4 Å². The number of amides is 1. The van der Waals surface area contributed by atoms with E-state index in [0.29, 0.717) is 22.8 Å². The maximum Gasteiger partial charge on any atom is 0.245 e. The van der Waals surface area contributed by atoms with Crippen LogP contribution in [0.2, 0.25) is 0 Å².